The van der Waals surface area contributed by atoms with Crippen molar-refractivity contribution in [1.82, 2.24) is 0 Å². The normalized spacial score (nSPS) is 11.2. The Balaban J connectivity index is 3.18. The summed E-state index contributed by atoms with van der Waals surface area (Å²) in [5.41, 5.74) is -1.10. The highest BCUT2D eigenvalue weighted by atomic mass is 19.2. The molecule has 0 N–H and O–H groups in total. The molecule has 0 saturated carbocycles. The first-order chi connectivity index (χ1) is 7.36. The molecule has 0 aliphatic rings. The summed E-state index contributed by atoms with van der Waals surface area (Å²) in [7, 11) is 0. The molecule has 0 saturated heterocycles. The maximum absolute atomic E-state index is 13.4. The van der Waals surface area contributed by atoms with Crippen LogP contribution in [0.15, 0.2) is 0 Å². The van der Waals surface area contributed by atoms with Crippen LogP contribution in [0.1, 0.15) is 31.4 Å². The fraction of sp³-hybridized carbons (Fsp3) is 0.500. The smallest absolute Gasteiger partial charge is 0.165 e. The Kier molecular flexibility index (Phi) is 3.94. The number of hydrogen-bond donors (Lipinski definition) is 0. The van der Waals surface area contributed by atoms with Crippen LogP contribution in [0.2, 0.25) is 0 Å². The predicted molar refractivity (Wildman–Crippen MR) is 54.2 cm³/mol. The topological polar surface area (TPSA) is 0 Å². The molecule has 90 valence electrons. The standard InChI is InChI=1S/C12H14F4/c1-6(2)4-5-8-11(15)9(13)7(3)10(14)12(8)16/h6H,4-5H2,1-3H3. The van der Waals surface area contributed by atoms with Crippen LogP contribution in [0.4, 0.5) is 17.6 Å². The van der Waals surface area contributed by atoms with Crippen molar-refractivity contribution in [3.8, 4) is 0 Å². The molecule has 0 bridgehead atoms. The van der Waals surface area contributed by atoms with Gasteiger partial charge in [0.25, 0.3) is 0 Å². The number of hydrogen-bond acceptors (Lipinski definition) is 0. The quantitative estimate of drug-likeness (QED) is 0.544. The molecule has 0 amide bonds. The molecule has 0 aliphatic heterocycles. The lowest BCUT2D eigenvalue weighted by Gasteiger charge is -2.10. The van der Waals surface area contributed by atoms with Crippen molar-refractivity contribution in [3.63, 3.8) is 0 Å². The van der Waals surface area contributed by atoms with Crippen LogP contribution >= 0.6 is 0 Å². The molecule has 0 unspecified atom stereocenters. The summed E-state index contributed by atoms with van der Waals surface area (Å²) in [6.07, 6.45) is 0.485. The second-order valence-electron chi connectivity index (χ2n) is 4.29. The molecule has 0 aromatic heterocycles. The fourth-order valence-electron chi connectivity index (χ4n) is 1.44. The Morgan fingerprint density at radius 3 is 1.69 bits per heavy atom. The molecule has 0 radical (unpaired) electrons. The first-order valence-corrected chi connectivity index (χ1v) is 5.17. The summed E-state index contributed by atoms with van der Waals surface area (Å²) in [6, 6.07) is 0. The van der Waals surface area contributed by atoms with Gasteiger partial charge in [-0.2, -0.15) is 0 Å². The summed E-state index contributed by atoms with van der Waals surface area (Å²) in [5.74, 6) is -4.91. The van der Waals surface area contributed by atoms with Crippen LogP contribution in [0.3, 0.4) is 0 Å². The van der Waals surface area contributed by atoms with Gasteiger partial charge in [0.15, 0.2) is 23.3 Å². The van der Waals surface area contributed by atoms with Gasteiger partial charge >= 0.3 is 0 Å². The van der Waals surface area contributed by atoms with Gasteiger partial charge in [0.1, 0.15) is 0 Å². The van der Waals surface area contributed by atoms with Crippen LogP contribution in [0, 0.1) is 36.1 Å². The van der Waals surface area contributed by atoms with Crippen LogP contribution in [-0.2, 0) is 6.42 Å². The molecule has 1 rings (SSSR count). The highest BCUT2D eigenvalue weighted by molar-refractivity contribution is 5.29. The molecule has 0 spiro atoms. The molecule has 4 heteroatoms. The zero-order chi connectivity index (χ0) is 12.5. The molecule has 0 nitrogen and oxygen atoms in total. The fourth-order valence-corrected chi connectivity index (χ4v) is 1.44. The third kappa shape index (κ3) is 2.36. The van der Waals surface area contributed by atoms with Gasteiger partial charge in [-0.25, -0.2) is 17.6 Å². The molecular formula is C12H14F4. The van der Waals surface area contributed by atoms with Crippen LogP contribution < -0.4 is 0 Å². The lowest BCUT2D eigenvalue weighted by atomic mass is 10.00. The van der Waals surface area contributed by atoms with Gasteiger partial charge in [0, 0.05) is 11.1 Å². The van der Waals surface area contributed by atoms with E-state index in [0.717, 1.165) is 6.92 Å². The summed E-state index contributed by atoms with van der Waals surface area (Å²) in [5, 5.41) is 0. The van der Waals surface area contributed by atoms with E-state index in [4.69, 9.17) is 0 Å². The van der Waals surface area contributed by atoms with E-state index in [1.807, 2.05) is 13.8 Å². The summed E-state index contributed by atoms with van der Waals surface area (Å²) < 4.78 is 53.1. The minimum Gasteiger partial charge on any atom is -0.203 e. The zero-order valence-electron chi connectivity index (χ0n) is 9.50. The lowest BCUT2D eigenvalue weighted by molar-refractivity contribution is 0.424. The molecule has 16 heavy (non-hydrogen) atoms. The first kappa shape index (κ1) is 13.0. The summed E-state index contributed by atoms with van der Waals surface area (Å²) >= 11 is 0. The van der Waals surface area contributed by atoms with Gasteiger partial charge in [0.2, 0.25) is 0 Å². The SMILES string of the molecule is Cc1c(F)c(F)c(CCC(C)C)c(F)c1F. The third-order valence-corrected chi connectivity index (χ3v) is 2.55. The van der Waals surface area contributed by atoms with E-state index < -0.39 is 34.4 Å². The van der Waals surface area contributed by atoms with Crippen molar-refractivity contribution >= 4 is 0 Å². The maximum atomic E-state index is 13.4. The van der Waals surface area contributed by atoms with Crippen LogP contribution in [0.25, 0.3) is 0 Å². The molecule has 0 atom stereocenters. The van der Waals surface area contributed by atoms with Gasteiger partial charge in [-0.3, -0.25) is 0 Å². The van der Waals surface area contributed by atoms with Crippen molar-refractivity contribution in [2.75, 3.05) is 0 Å². The molecule has 0 fully saturated rings. The highest BCUT2D eigenvalue weighted by Gasteiger charge is 2.22. The Bertz CT molecular complexity index is 367. The monoisotopic (exact) mass is 234 g/mol. The van der Waals surface area contributed by atoms with Crippen molar-refractivity contribution < 1.29 is 17.6 Å². The summed E-state index contributed by atoms with van der Waals surface area (Å²) in [4.78, 5) is 0. The molecule has 1 aromatic carbocycles. The van der Waals surface area contributed by atoms with Gasteiger partial charge in [-0.05, 0) is 25.7 Å². The van der Waals surface area contributed by atoms with E-state index in [1.165, 1.54) is 0 Å². The van der Waals surface area contributed by atoms with Gasteiger partial charge < -0.3 is 0 Å². The van der Waals surface area contributed by atoms with Gasteiger partial charge in [0.05, 0.1) is 0 Å². The maximum Gasteiger partial charge on any atom is 0.165 e. The third-order valence-electron chi connectivity index (χ3n) is 2.55. The van der Waals surface area contributed by atoms with Crippen molar-refractivity contribution in [2.45, 2.75) is 33.6 Å². The van der Waals surface area contributed by atoms with E-state index in [9.17, 15) is 17.6 Å². The molecular weight excluding hydrogens is 220 g/mol. The number of benzene rings is 1. The Labute approximate surface area is 92.3 Å². The Morgan fingerprint density at radius 1 is 0.875 bits per heavy atom. The van der Waals surface area contributed by atoms with Crippen molar-refractivity contribution in [3.05, 3.63) is 34.4 Å². The van der Waals surface area contributed by atoms with E-state index in [-0.39, 0.29) is 12.3 Å². The minimum atomic E-state index is -1.29. The zero-order valence-corrected chi connectivity index (χ0v) is 9.50. The van der Waals surface area contributed by atoms with Crippen molar-refractivity contribution in [1.29, 1.82) is 0 Å². The Hall–Kier alpha value is -1.06. The largest absolute Gasteiger partial charge is 0.203 e. The van der Waals surface area contributed by atoms with E-state index in [1.54, 1.807) is 0 Å². The number of rotatable bonds is 3. The van der Waals surface area contributed by atoms with Crippen LogP contribution in [-0.4, -0.2) is 0 Å². The lowest BCUT2D eigenvalue weighted by Crippen LogP contribution is -2.07. The highest BCUT2D eigenvalue weighted by Crippen LogP contribution is 2.25. The predicted octanol–water partition coefficient (Wildman–Crippen LogP) is 4.14. The average molecular weight is 234 g/mol. The molecule has 1 aromatic rings. The Morgan fingerprint density at radius 2 is 1.31 bits per heavy atom. The van der Waals surface area contributed by atoms with Crippen molar-refractivity contribution in [2.24, 2.45) is 5.92 Å². The summed E-state index contributed by atoms with van der Waals surface area (Å²) in [6.45, 7) is 4.76. The van der Waals surface area contributed by atoms with Gasteiger partial charge in [-0.1, -0.05) is 13.8 Å². The average Bonchev–Trinajstić information content (AvgIpc) is 2.23. The van der Waals surface area contributed by atoms with Gasteiger partial charge in [-0.15, -0.1) is 0 Å². The van der Waals surface area contributed by atoms with Crippen LogP contribution in [0.5, 0.6) is 0 Å². The molecule has 0 heterocycles. The molecule has 0 aliphatic carbocycles. The first-order valence-electron chi connectivity index (χ1n) is 5.17. The second-order valence-corrected chi connectivity index (χ2v) is 4.29. The van der Waals surface area contributed by atoms with E-state index >= 15 is 0 Å². The minimum absolute atomic E-state index is 0.00343. The van der Waals surface area contributed by atoms with E-state index in [0.29, 0.717) is 6.42 Å². The van der Waals surface area contributed by atoms with E-state index in [2.05, 4.69) is 0 Å². The number of halogens is 4. The second kappa shape index (κ2) is 4.85.